The fourth-order valence-electron chi connectivity index (χ4n) is 2.51. The second-order valence-corrected chi connectivity index (χ2v) is 6.18. The Labute approximate surface area is 117 Å². The summed E-state index contributed by atoms with van der Waals surface area (Å²) in [5.74, 6) is 0.756. The summed E-state index contributed by atoms with van der Waals surface area (Å²) in [6, 6.07) is 7.16. The maximum Gasteiger partial charge on any atom is 0.133 e. The van der Waals surface area contributed by atoms with Crippen molar-refractivity contribution in [3.8, 4) is 6.07 Å². The minimum absolute atomic E-state index is 0.199. The Kier molecular flexibility index (Phi) is 4.26. The van der Waals surface area contributed by atoms with Gasteiger partial charge in [-0.1, -0.05) is 6.92 Å². The molecule has 0 radical (unpaired) electrons. The molecule has 1 saturated carbocycles. The van der Waals surface area contributed by atoms with E-state index in [1.807, 2.05) is 13.0 Å². The van der Waals surface area contributed by atoms with Crippen molar-refractivity contribution in [2.75, 3.05) is 5.75 Å². The van der Waals surface area contributed by atoms with E-state index in [4.69, 9.17) is 0 Å². The molecular weight excluding hydrogens is 261 g/mol. The molecule has 0 N–H and O–H groups in total. The third kappa shape index (κ3) is 2.98. The largest absolute Gasteiger partial charge is 0.300 e. The van der Waals surface area contributed by atoms with E-state index >= 15 is 0 Å². The second-order valence-electron chi connectivity index (χ2n) is 4.84. The first-order valence-electron chi connectivity index (χ1n) is 6.46. The molecule has 0 unspecified atom stereocenters. The highest BCUT2D eigenvalue weighted by Crippen LogP contribution is 2.39. The smallest absolute Gasteiger partial charge is 0.133 e. The van der Waals surface area contributed by atoms with Gasteiger partial charge in [-0.2, -0.15) is 5.26 Å². The highest BCUT2D eigenvalue weighted by Gasteiger charge is 2.37. The highest BCUT2D eigenvalue weighted by atomic mass is 32.2. The van der Waals surface area contributed by atoms with Crippen molar-refractivity contribution < 1.29 is 9.18 Å². The molecular formula is C15H16FNOS. The zero-order valence-corrected chi connectivity index (χ0v) is 11.7. The summed E-state index contributed by atoms with van der Waals surface area (Å²) >= 11 is 1.56. The summed E-state index contributed by atoms with van der Waals surface area (Å²) in [6.07, 6.45) is 1.84. The molecule has 2 nitrogen and oxygen atoms in total. The van der Waals surface area contributed by atoms with Crippen LogP contribution in [0.2, 0.25) is 0 Å². The maximum atomic E-state index is 13.7. The van der Waals surface area contributed by atoms with E-state index in [1.54, 1.807) is 11.8 Å². The average Bonchev–Trinajstić information content (AvgIpc) is 2.40. The fourth-order valence-corrected chi connectivity index (χ4v) is 3.25. The molecule has 100 valence electrons. The van der Waals surface area contributed by atoms with E-state index in [0.29, 0.717) is 25.7 Å². The number of thioether (sulfide) groups is 1. The van der Waals surface area contributed by atoms with Crippen molar-refractivity contribution in [2.24, 2.45) is 0 Å². The lowest BCUT2D eigenvalue weighted by Gasteiger charge is -2.30. The second kappa shape index (κ2) is 5.75. The van der Waals surface area contributed by atoms with Gasteiger partial charge in [0.15, 0.2) is 0 Å². The average molecular weight is 277 g/mol. The number of ketones is 1. The number of nitrogens with zero attached hydrogens (tertiary/aromatic N) is 1. The minimum atomic E-state index is -0.695. The molecule has 0 saturated heterocycles. The number of carbonyl (C=O) groups excluding carboxylic acids is 1. The van der Waals surface area contributed by atoms with Crippen LogP contribution in [-0.4, -0.2) is 11.5 Å². The summed E-state index contributed by atoms with van der Waals surface area (Å²) in [6.45, 7) is 2.01. The van der Waals surface area contributed by atoms with Crippen molar-refractivity contribution in [3.63, 3.8) is 0 Å². The van der Waals surface area contributed by atoms with Crippen LogP contribution in [0.3, 0.4) is 0 Å². The molecule has 1 aliphatic rings. The molecule has 1 fully saturated rings. The number of hydrogen-bond acceptors (Lipinski definition) is 3. The molecule has 1 aromatic carbocycles. The summed E-state index contributed by atoms with van der Waals surface area (Å²) in [7, 11) is 0. The van der Waals surface area contributed by atoms with Gasteiger partial charge in [0.1, 0.15) is 11.6 Å². The van der Waals surface area contributed by atoms with Crippen molar-refractivity contribution in [2.45, 2.75) is 42.9 Å². The van der Waals surface area contributed by atoms with Crippen LogP contribution < -0.4 is 0 Å². The standard InChI is InChI=1S/C15H16FNOS/c1-2-19-14-8-11(7-12(16)9-14)15(10-17)5-3-13(18)4-6-15/h7-9H,2-6H2,1H3. The monoisotopic (exact) mass is 277 g/mol. The number of hydrogen-bond donors (Lipinski definition) is 0. The number of benzene rings is 1. The molecule has 0 aromatic heterocycles. The van der Waals surface area contributed by atoms with Gasteiger partial charge in [-0.05, 0) is 42.4 Å². The lowest BCUT2D eigenvalue weighted by atomic mass is 9.70. The van der Waals surface area contributed by atoms with Gasteiger partial charge in [0.25, 0.3) is 0 Å². The van der Waals surface area contributed by atoms with Crippen molar-refractivity contribution in [1.29, 1.82) is 5.26 Å². The van der Waals surface area contributed by atoms with Gasteiger partial charge in [-0.15, -0.1) is 11.8 Å². The number of nitriles is 1. The molecule has 2 rings (SSSR count). The van der Waals surface area contributed by atoms with Gasteiger partial charge in [-0.25, -0.2) is 4.39 Å². The fraction of sp³-hybridized carbons (Fsp3) is 0.467. The lowest BCUT2D eigenvalue weighted by Crippen LogP contribution is -2.30. The van der Waals surface area contributed by atoms with E-state index in [0.717, 1.165) is 16.2 Å². The summed E-state index contributed by atoms with van der Waals surface area (Å²) in [4.78, 5) is 12.2. The molecule has 4 heteroatoms. The third-order valence-corrected chi connectivity index (χ3v) is 4.47. The molecule has 0 aliphatic heterocycles. The molecule has 0 bridgehead atoms. The van der Waals surface area contributed by atoms with E-state index in [-0.39, 0.29) is 11.6 Å². The zero-order valence-electron chi connectivity index (χ0n) is 10.9. The highest BCUT2D eigenvalue weighted by molar-refractivity contribution is 7.99. The Bertz CT molecular complexity index is 525. The van der Waals surface area contributed by atoms with E-state index in [1.165, 1.54) is 12.1 Å². The van der Waals surface area contributed by atoms with Gasteiger partial charge >= 0.3 is 0 Å². The van der Waals surface area contributed by atoms with Crippen LogP contribution in [-0.2, 0) is 10.2 Å². The number of Topliss-reactive ketones (excluding diaryl/α,β-unsaturated/α-hetero) is 1. The first-order chi connectivity index (χ1) is 9.09. The van der Waals surface area contributed by atoms with Crippen molar-refractivity contribution in [3.05, 3.63) is 29.6 Å². The Hall–Kier alpha value is -1.34. The van der Waals surface area contributed by atoms with E-state index in [2.05, 4.69) is 6.07 Å². The van der Waals surface area contributed by atoms with Crippen LogP contribution in [0.25, 0.3) is 0 Å². The number of carbonyl (C=O) groups is 1. The predicted molar refractivity (Wildman–Crippen MR) is 73.6 cm³/mol. The van der Waals surface area contributed by atoms with Crippen LogP contribution >= 0.6 is 11.8 Å². The summed E-state index contributed by atoms with van der Waals surface area (Å²) < 4.78 is 13.7. The van der Waals surface area contributed by atoms with Crippen LogP contribution in [0.4, 0.5) is 4.39 Å². The van der Waals surface area contributed by atoms with Gasteiger partial charge in [0.05, 0.1) is 11.5 Å². The quantitative estimate of drug-likeness (QED) is 0.788. The number of rotatable bonds is 3. The van der Waals surface area contributed by atoms with E-state index < -0.39 is 5.41 Å². The third-order valence-electron chi connectivity index (χ3n) is 3.61. The Morgan fingerprint density at radius 1 is 1.37 bits per heavy atom. The van der Waals surface area contributed by atoms with Crippen molar-refractivity contribution in [1.82, 2.24) is 0 Å². The lowest BCUT2D eigenvalue weighted by molar-refractivity contribution is -0.120. The van der Waals surface area contributed by atoms with Crippen LogP contribution in [0, 0.1) is 17.1 Å². The Morgan fingerprint density at radius 2 is 2.05 bits per heavy atom. The molecule has 0 atom stereocenters. The molecule has 1 aromatic rings. The molecule has 0 heterocycles. The Morgan fingerprint density at radius 3 is 2.63 bits per heavy atom. The predicted octanol–water partition coefficient (Wildman–Crippen LogP) is 3.84. The van der Waals surface area contributed by atoms with Crippen LogP contribution in [0.15, 0.2) is 23.1 Å². The SMILES string of the molecule is CCSc1cc(F)cc(C2(C#N)CCC(=O)CC2)c1. The molecule has 19 heavy (non-hydrogen) atoms. The minimum Gasteiger partial charge on any atom is -0.300 e. The normalized spacial score (nSPS) is 18.1. The maximum absolute atomic E-state index is 13.7. The van der Waals surface area contributed by atoms with Crippen molar-refractivity contribution >= 4 is 17.5 Å². The number of halogens is 1. The summed E-state index contributed by atoms with van der Waals surface area (Å²) in [5, 5.41) is 9.50. The van der Waals surface area contributed by atoms with Gasteiger partial charge in [0.2, 0.25) is 0 Å². The van der Waals surface area contributed by atoms with Crippen LogP contribution in [0.5, 0.6) is 0 Å². The van der Waals surface area contributed by atoms with Gasteiger partial charge < -0.3 is 0 Å². The Balaban J connectivity index is 2.38. The van der Waals surface area contributed by atoms with E-state index in [9.17, 15) is 14.4 Å². The first kappa shape index (κ1) is 14.1. The molecule has 0 amide bonds. The topological polar surface area (TPSA) is 40.9 Å². The first-order valence-corrected chi connectivity index (χ1v) is 7.45. The zero-order chi connectivity index (χ0) is 13.9. The van der Waals surface area contributed by atoms with Gasteiger partial charge in [0, 0.05) is 17.7 Å². The van der Waals surface area contributed by atoms with Gasteiger partial charge in [-0.3, -0.25) is 4.79 Å². The molecule has 0 spiro atoms. The van der Waals surface area contributed by atoms with Crippen LogP contribution in [0.1, 0.15) is 38.2 Å². The summed E-state index contributed by atoms with van der Waals surface area (Å²) in [5.41, 5.74) is 0.0254. The molecule has 1 aliphatic carbocycles.